The number of para-hydroxylation sites is 1. The van der Waals surface area contributed by atoms with Gasteiger partial charge in [0.1, 0.15) is 0 Å². The van der Waals surface area contributed by atoms with Crippen LogP contribution in [0.5, 0.6) is 0 Å². The number of benzene rings is 1. The quantitative estimate of drug-likeness (QED) is 0.644. The molecule has 0 amide bonds. The Kier molecular flexibility index (Phi) is 4.40. The van der Waals surface area contributed by atoms with E-state index in [4.69, 9.17) is 0 Å². The van der Waals surface area contributed by atoms with Crippen molar-refractivity contribution >= 4 is 26.6 Å². The van der Waals surface area contributed by atoms with Crippen molar-refractivity contribution in [2.45, 2.75) is 26.4 Å². The van der Waals surface area contributed by atoms with Gasteiger partial charge in [-0.15, -0.1) is 0 Å². The summed E-state index contributed by atoms with van der Waals surface area (Å²) < 4.78 is 24.5. The lowest BCUT2D eigenvalue weighted by molar-refractivity contribution is -0.874. The highest BCUT2D eigenvalue weighted by Crippen LogP contribution is 2.30. The van der Waals surface area contributed by atoms with Crippen LogP contribution in [0.4, 0.5) is 5.82 Å². The third kappa shape index (κ3) is 2.93. The predicted octanol–water partition coefficient (Wildman–Crippen LogP) is 1.35. The Bertz CT molecular complexity index is 866. The highest BCUT2D eigenvalue weighted by atomic mass is 32.2. The molecule has 1 unspecified atom stereocenters. The Morgan fingerprint density at radius 2 is 1.96 bits per heavy atom. The SMILES string of the molecule is CCC(O)c1cc2cccc(C)c2[n+](O)c1N1CCS(=O)(=O)CC1. The molecule has 1 aliphatic rings. The van der Waals surface area contributed by atoms with Crippen molar-refractivity contribution in [3.05, 3.63) is 35.4 Å². The molecule has 0 saturated carbocycles. The monoisotopic (exact) mass is 351 g/mol. The van der Waals surface area contributed by atoms with Gasteiger partial charge in [0.05, 0.1) is 36.3 Å². The van der Waals surface area contributed by atoms with Crippen LogP contribution in [0, 0.1) is 6.92 Å². The highest BCUT2D eigenvalue weighted by molar-refractivity contribution is 7.91. The largest absolute Gasteiger partial charge is 0.388 e. The molecular weight excluding hydrogens is 328 g/mol. The van der Waals surface area contributed by atoms with Gasteiger partial charge in [0.2, 0.25) is 0 Å². The number of aromatic nitrogens is 1. The van der Waals surface area contributed by atoms with Gasteiger partial charge in [0.25, 0.3) is 0 Å². The number of sulfone groups is 1. The molecule has 130 valence electrons. The molecule has 1 fully saturated rings. The third-order valence-electron chi connectivity index (χ3n) is 4.64. The average Bonchev–Trinajstić information content (AvgIpc) is 2.54. The molecule has 0 radical (unpaired) electrons. The number of fused-ring (bicyclic) bond motifs is 1. The van der Waals surface area contributed by atoms with Crippen LogP contribution in [-0.4, -0.2) is 43.3 Å². The number of rotatable bonds is 3. The Morgan fingerprint density at radius 1 is 1.29 bits per heavy atom. The molecule has 3 rings (SSSR count). The van der Waals surface area contributed by atoms with Crippen molar-refractivity contribution in [1.29, 1.82) is 0 Å². The van der Waals surface area contributed by atoms with Crippen LogP contribution in [0.2, 0.25) is 0 Å². The van der Waals surface area contributed by atoms with Crippen molar-refractivity contribution in [3.8, 4) is 0 Å². The van der Waals surface area contributed by atoms with Crippen LogP contribution >= 0.6 is 0 Å². The summed E-state index contributed by atoms with van der Waals surface area (Å²) in [6.07, 6.45) is -0.210. The van der Waals surface area contributed by atoms with Gasteiger partial charge in [-0.05, 0) is 24.1 Å². The fraction of sp³-hybridized carbons (Fsp3) is 0.471. The predicted molar refractivity (Wildman–Crippen MR) is 92.2 cm³/mol. The smallest absolute Gasteiger partial charge is 0.322 e. The zero-order chi connectivity index (χ0) is 17.5. The maximum atomic E-state index is 11.7. The second-order valence-corrected chi connectivity index (χ2v) is 8.61. The van der Waals surface area contributed by atoms with Gasteiger partial charge < -0.3 is 10.3 Å². The number of aryl methyl sites for hydroxylation is 1. The molecule has 2 heterocycles. The van der Waals surface area contributed by atoms with Gasteiger partial charge in [-0.3, -0.25) is 4.90 Å². The van der Waals surface area contributed by atoms with E-state index in [2.05, 4.69) is 0 Å². The summed E-state index contributed by atoms with van der Waals surface area (Å²) in [5.74, 6) is 0.599. The van der Waals surface area contributed by atoms with Gasteiger partial charge in [-0.25, -0.2) is 8.42 Å². The van der Waals surface area contributed by atoms with E-state index in [0.717, 1.165) is 15.7 Å². The van der Waals surface area contributed by atoms with Crippen LogP contribution in [0.25, 0.3) is 10.9 Å². The van der Waals surface area contributed by atoms with Crippen LogP contribution in [-0.2, 0) is 9.84 Å². The summed E-state index contributed by atoms with van der Waals surface area (Å²) in [6.45, 7) is 4.40. The maximum Gasteiger partial charge on any atom is 0.322 e. The molecule has 7 heteroatoms. The van der Waals surface area contributed by atoms with E-state index in [-0.39, 0.29) is 11.5 Å². The molecule has 1 saturated heterocycles. The normalized spacial score (nSPS) is 18.7. The Labute approximate surface area is 141 Å². The van der Waals surface area contributed by atoms with Crippen molar-refractivity contribution < 1.29 is 23.5 Å². The Morgan fingerprint density at radius 3 is 2.58 bits per heavy atom. The molecule has 0 spiro atoms. The zero-order valence-corrected chi connectivity index (χ0v) is 14.8. The molecular formula is C17H23N2O4S+. The second kappa shape index (κ2) is 6.22. The van der Waals surface area contributed by atoms with E-state index in [1.54, 1.807) is 0 Å². The van der Waals surface area contributed by atoms with E-state index in [1.165, 1.54) is 0 Å². The molecule has 2 N–H and O–H groups in total. The highest BCUT2D eigenvalue weighted by Gasteiger charge is 2.34. The summed E-state index contributed by atoms with van der Waals surface area (Å²) in [5, 5.41) is 22.1. The zero-order valence-electron chi connectivity index (χ0n) is 13.9. The van der Waals surface area contributed by atoms with Crippen LogP contribution in [0.1, 0.15) is 30.6 Å². The number of aliphatic hydroxyl groups is 1. The minimum atomic E-state index is -3.02. The number of aliphatic hydroxyl groups excluding tert-OH is 1. The standard InChI is InChI=1S/C17H23N2O4S/c1-3-15(20)14-11-13-6-4-5-12(2)16(13)19(21)17(14)18-7-9-24(22,23)10-8-18/h4-6,11,15,20-21H,3,7-10H2,1-2H3/q+1. The van der Waals surface area contributed by atoms with Crippen molar-refractivity contribution in [2.24, 2.45) is 0 Å². The fourth-order valence-corrected chi connectivity index (χ4v) is 4.45. The summed E-state index contributed by atoms with van der Waals surface area (Å²) >= 11 is 0. The van der Waals surface area contributed by atoms with Crippen molar-refractivity contribution in [3.63, 3.8) is 0 Å². The fourth-order valence-electron chi connectivity index (χ4n) is 3.25. The molecule has 6 nitrogen and oxygen atoms in total. The van der Waals surface area contributed by atoms with Gasteiger partial charge >= 0.3 is 5.82 Å². The summed E-state index contributed by atoms with van der Waals surface area (Å²) in [5.41, 5.74) is 2.21. The number of anilines is 1. The first-order valence-electron chi connectivity index (χ1n) is 8.15. The summed E-state index contributed by atoms with van der Waals surface area (Å²) in [6, 6.07) is 7.61. The molecule has 1 aromatic heterocycles. The van der Waals surface area contributed by atoms with E-state index >= 15 is 0 Å². The molecule has 1 aromatic carbocycles. The first-order valence-corrected chi connectivity index (χ1v) is 9.97. The number of pyridine rings is 1. The topological polar surface area (TPSA) is 81.7 Å². The summed E-state index contributed by atoms with van der Waals surface area (Å²) in [4.78, 5) is 1.85. The van der Waals surface area contributed by atoms with Gasteiger partial charge in [-0.2, -0.15) is 0 Å². The van der Waals surface area contributed by atoms with Gasteiger partial charge in [-0.1, -0.05) is 25.1 Å². The van der Waals surface area contributed by atoms with Gasteiger partial charge in [0.15, 0.2) is 15.4 Å². The summed E-state index contributed by atoms with van der Waals surface area (Å²) in [7, 11) is -3.02. The van der Waals surface area contributed by atoms with E-state index in [1.807, 2.05) is 43.0 Å². The number of nitrogens with zero attached hydrogens (tertiary/aromatic N) is 2. The average molecular weight is 351 g/mol. The first kappa shape index (κ1) is 17.0. The maximum absolute atomic E-state index is 11.7. The van der Waals surface area contributed by atoms with E-state index < -0.39 is 15.9 Å². The first-order chi connectivity index (χ1) is 11.3. The van der Waals surface area contributed by atoms with Gasteiger partial charge in [0, 0.05) is 10.9 Å². The molecule has 2 aromatic rings. The molecule has 1 aliphatic heterocycles. The lowest BCUT2D eigenvalue weighted by Crippen LogP contribution is -2.48. The molecule has 0 bridgehead atoms. The van der Waals surface area contributed by atoms with E-state index in [0.29, 0.717) is 36.4 Å². The minimum absolute atomic E-state index is 0.0560. The van der Waals surface area contributed by atoms with Crippen LogP contribution < -0.4 is 9.63 Å². The van der Waals surface area contributed by atoms with Crippen molar-refractivity contribution in [1.82, 2.24) is 0 Å². The minimum Gasteiger partial charge on any atom is -0.388 e. The number of hydrogen-bond acceptors (Lipinski definition) is 5. The lowest BCUT2D eigenvalue weighted by Gasteiger charge is -2.25. The van der Waals surface area contributed by atoms with Crippen LogP contribution in [0.3, 0.4) is 0 Å². The van der Waals surface area contributed by atoms with E-state index in [9.17, 15) is 18.7 Å². The molecule has 24 heavy (non-hydrogen) atoms. The second-order valence-electron chi connectivity index (χ2n) is 6.31. The number of hydrogen-bond donors (Lipinski definition) is 2. The lowest BCUT2D eigenvalue weighted by atomic mass is 10.0. The van der Waals surface area contributed by atoms with Crippen molar-refractivity contribution in [2.75, 3.05) is 29.5 Å². The Hall–Kier alpha value is -1.86. The molecule has 0 aliphatic carbocycles. The van der Waals surface area contributed by atoms with Crippen LogP contribution in [0.15, 0.2) is 24.3 Å². The molecule has 1 atom stereocenters. The Balaban J connectivity index is 2.20. The third-order valence-corrected chi connectivity index (χ3v) is 6.25.